The minimum Gasteiger partial charge on any atom is -0.544 e. The summed E-state index contributed by atoms with van der Waals surface area (Å²) in [6.45, 7) is 8.05. The number of carboxylic acids is 1. The van der Waals surface area contributed by atoms with Gasteiger partial charge in [0.05, 0.1) is 11.0 Å². The molecule has 1 amide bonds. The number of fused-ring (bicyclic) bond motifs is 1. The van der Waals surface area contributed by atoms with Crippen LogP contribution in [0.1, 0.15) is 61.1 Å². The first-order valence-corrected chi connectivity index (χ1v) is 9.81. The van der Waals surface area contributed by atoms with Gasteiger partial charge in [0.15, 0.2) is 0 Å². The smallest absolute Gasteiger partial charge is 0.544 e. The number of aromatic nitrogens is 1. The van der Waals surface area contributed by atoms with Crippen LogP contribution >= 0.6 is 11.3 Å². The zero-order valence-corrected chi connectivity index (χ0v) is 17.4. The first-order chi connectivity index (χ1) is 12.1. The maximum atomic E-state index is 12.4. The summed E-state index contributed by atoms with van der Waals surface area (Å²) >= 11 is 1.07. The van der Waals surface area contributed by atoms with E-state index >= 15 is 0 Å². The average Bonchev–Trinajstić information content (AvgIpc) is 3.08. The third kappa shape index (κ3) is 5.18. The molecule has 144 valence electrons. The molecule has 2 fully saturated rings. The van der Waals surface area contributed by atoms with Crippen molar-refractivity contribution in [3.05, 3.63) is 9.88 Å². The van der Waals surface area contributed by atoms with Crippen LogP contribution in [0.2, 0.25) is 0 Å². The quantitative estimate of drug-likeness (QED) is 0.641. The summed E-state index contributed by atoms with van der Waals surface area (Å²) in [4.78, 5) is 29.7. The van der Waals surface area contributed by atoms with E-state index in [1.54, 1.807) is 6.92 Å². The molecule has 27 heavy (non-hydrogen) atoms. The maximum absolute atomic E-state index is 12.4. The number of aromatic carboxylic acids is 1. The van der Waals surface area contributed by atoms with Gasteiger partial charge in [-0.05, 0) is 59.3 Å². The van der Waals surface area contributed by atoms with Crippen molar-refractivity contribution in [2.75, 3.05) is 6.54 Å². The second-order valence-electron chi connectivity index (χ2n) is 8.00. The Balaban J connectivity index is 0.00000261. The standard InChI is InChI=1S/C18H26N2O5S.Li/c1-10-19-15(14(26-10)16(21)22)24-12-5-6-13-11(9-12)7-8-20(13)17(23)25-18(2,3)4;/h11-13H,5-9H2,1-4H3,(H,21,22);/q;+1/p-1. The predicted molar refractivity (Wildman–Crippen MR) is 94.3 cm³/mol. The largest absolute Gasteiger partial charge is 1.00 e. The van der Waals surface area contributed by atoms with E-state index in [1.807, 2.05) is 25.7 Å². The zero-order chi connectivity index (χ0) is 19.1. The first kappa shape index (κ1) is 22.1. The SMILES string of the molecule is Cc1nc(OC2CCC3C(CCN3C(=O)OC(C)(C)C)C2)c(C(=O)[O-])s1.[Li+]. The first-order valence-electron chi connectivity index (χ1n) is 8.99. The van der Waals surface area contributed by atoms with Crippen LogP contribution in [-0.4, -0.2) is 46.2 Å². The van der Waals surface area contributed by atoms with Crippen molar-refractivity contribution in [2.24, 2.45) is 5.92 Å². The average molecular weight is 388 g/mol. The van der Waals surface area contributed by atoms with Gasteiger partial charge in [-0.1, -0.05) is 0 Å². The van der Waals surface area contributed by atoms with Gasteiger partial charge in [-0.15, -0.1) is 11.3 Å². The van der Waals surface area contributed by atoms with E-state index in [1.165, 1.54) is 0 Å². The zero-order valence-electron chi connectivity index (χ0n) is 16.6. The molecule has 1 saturated heterocycles. The molecule has 0 spiro atoms. The molecule has 9 heteroatoms. The number of hydrogen-bond acceptors (Lipinski definition) is 7. The Labute approximate surface area is 175 Å². The normalized spacial score (nSPS) is 24.7. The summed E-state index contributed by atoms with van der Waals surface area (Å²) in [5, 5.41) is 11.9. The van der Waals surface area contributed by atoms with Gasteiger partial charge < -0.3 is 24.3 Å². The van der Waals surface area contributed by atoms with Crippen LogP contribution in [0.5, 0.6) is 5.88 Å². The Morgan fingerprint density at radius 1 is 1.26 bits per heavy atom. The molecule has 3 unspecified atom stereocenters. The van der Waals surface area contributed by atoms with Crippen molar-refractivity contribution >= 4 is 23.4 Å². The molecule has 7 nitrogen and oxygen atoms in total. The van der Waals surface area contributed by atoms with Crippen molar-refractivity contribution < 1.29 is 43.0 Å². The number of aryl methyl sites for hydroxylation is 1. The van der Waals surface area contributed by atoms with Crippen molar-refractivity contribution in [2.45, 2.75) is 71.1 Å². The molecule has 0 radical (unpaired) electrons. The Morgan fingerprint density at radius 2 is 1.96 bits per heavy atom. The van der Waals surface area contributed by atoms with Gasteiger partial charge in [-0.2, -0.15) is 0 Å². The third-order valence-electron chi connectivity index (χ3n) is 4.83. The molecule has 1 aromatic heterocycles. The minimum atomic E-state index is -1.25. The predicted octanol–water partition coefficient (Wildman–Crippen LogP) is -0.624. The minimum absolute atomic E-state index is 0. The van der Waals surface area contributed by atoms with Gasteiger partial charge in [0, 0.05) is 12.6 Å². The Hall–Kier alpha value is -1.23. The number of hydrogen-bond donors (Lipinski definition) is 0. The van der Waals surface area contributed by atoms with Gasteiger partial charge >= 0.3 is 25.0 Å². The van der Waals surface area contributed by atoms with Crippen molar-refractivity contribution in [3.63, 3.8) is 0 Å². The summed E-state index contributed by atoms with van der Waals surface area (Å²) in [7, 11) is 0. The van der Waals surface area contributed by atoms with E-state index in [2.05, 4.69) is 4.98 Å². The third-order valence-corrected chi connectivity index (χ3v) is 5.76. The van der Waals surface area contributed by atoms with Gasteiger partial charge in [0.2, 0.25) is 5.88 Å². The molecule has 3 atom stereocenters. The molecule has 0 bridgehead atoms. The van der Waals surface area contributed by atoms with Crippen LogP contribution in [0.15, 0.2) is 0 Å². The Morgan fingerprint density at radius 3 is 2.59 bits per heavy atom. The molecule has 0 aromatic carbocycles. The van der Waals surface area contributed by atoms with Crippen LogP contribution in [-0.2, 0) is 4.74 Å². The van der Waals surface area contributed by atoms with E-state index in [4.69, 9.17) is 9.47 Å². The van der Waals surface area contributed by atoms with Gasteiger partial charge in [-0.3, -0.25) is 0 Å². The Bertz CT molecular complexity index is 702. The number of carboxylic acid groups (broad SMARTS) is 1. The summed E-state index contributed by atoms with van der Waals surface area (Å²) in [6.07, 6.45) is 2.93. The van der Waals surface area contributed by atoms with E-state index in [-0.39, 0.29) is 47.9 Å². The van der Waals surface area contributed by atoms with E-state index in [0.717, 1.165) is 37.0 Å². The maximum Gasteiger partial charge on any atom is 1.00 e. The summed E-state index contributed by atoms with van der Waals surface area (Å²) in [5.41, 5.74) is -0.501. The van der Waals surface area contributed by atoms with Crippen molar-refractivity contribution in [1.29, 1.82) is 0 Å². The van der Waals surface area contributed by atoms with E-state index in [0.29, 0.717) is 17.5 Å². The van der Waals surface area contributed by atoms with Gasteiger partial charge in [0.1, 0.15) is 16.6 Å². The van der Waals surface area contributed by atoms with Crippen molar-refractivity contribution in [1.82, 2.24) is 9.88 Å². The van der Waals surface area contributed by atoms with Crippen molar-refractivity contribution in [3.8, 4) is 5.88 Å². The second kappa shape index (κ2) is 8.42. The van der Waals surface area contributed by atoms with Crippen LogP contribution in [0.4, 0.5) is 4.79 Å². The molecule has 2 aliphatic rings. The fraction of sp³-hybridized carbons (Fsp3) is 0.722. The van der Waals surface area contributed by atoms with E-state index < -0.39 is 11.6 Å². The molecular formula is C18H25LiN2O5S. The van der Waals surface area contributed by atoms with Gasteiger partial charge in [0.25, 0.3) is 0 Å². The van der Waals surface area contributed by atoms with Crippen LogP contribution in [0.25, 0.3) is 0 Å². The number of carbonyl (C=O) groups excluding carboxylic acids is 2. The number of thiazole rings is 1. The van der Waals surface area contributed by atoms with Crippen LogP contribution < -0.4 is 28.7 Å². The summed E-state index contributed by atoms with van der Waals surface area (Å²) in [5.74, 6) is -0.749. The fourth-order valence-corrected chi connectivity index (χ4v) is 4.51. The second-order valence-corrected chi connectivity index (χ2v) is 9.20. The molecule has 1 aliphatic heterocycles. The number of nitrogens with zero attached hydrogens (tertiary/aromatic N) is 2. The number of likely N-dealkylation sites (tertiary alicyclic amines) is 1. The van der Waals surface area contributed by atoms with E-state index in [9.17, 15) is 14.7 Å². The number of ether oxygens (including phenoxy) is 2. The monoisotopic (exact) mass is 388 g/mol. The number of rotatable bonds is 3. The number of amides is 1. The summed E-state index contributed by atoms with van der Waals surface area (Å²) in [6, 6.07) is 0.169. The molecule has 1 aromatic rings. The topological polar surface area (TPSA) is 91.8 Å². The Kier molecular flexibility index (Phi) is 6.88. The molecule has 3 rings (SSSR count). The van der Waals surface area contributed by atoms with Crippen LogP contribution in [0, 0.1) is 12.8 Å². The molecule has 2 heterocycles. The number of carbonyl (C=O) groups is 2. The molecule has 1 saturated carbocycles. The molecule has 0 N–H and O–H groups in total. The van der Waals surface area contributed by atoms with Gasteiger partial charge in [-0.25, -0.2) is 9.78 Å². The molecule has 1 aliphatic carbocycles. The van der Waals surface area contributed by atoms with Crippen LogP contribution in [0.3, 0.4) is 0 Å². The summed E-state index contributed by atoms with van der Waals surface area (Å²) < 4.78 is 11.4. The molecular weight excluding hydrogens is 363 g/mol. The fourth-order valence-electron chi connectivity index (χ4n) is 3.83.